The number of sulfonamides is 1. The molecule has 0 amide bonds. The molecule has 2 atom stereocenters. The first-order valence-electron chi connectivity index (χ1n) is 6.26. The number of thiophene rings is 1. The van der Waals surface area contributed by atoms with Crippen molar-refractivity contribution in [2.45, 2.75) is 36.9 Å². The Hall–Kier alpha value is -0.430. The first-order valence-corrected chi connectivity index (χ1v) is 8.58. The molecule has 102 valence electrons. The van der Waals surface area contributed by atoms with Crippen molar-refractivity contribution in [1.29, 1.82) is 0 Å². The Morgan fingerprint density at radius 3 is 2.78 bits per heavy atom. The maximum absolute atomic E-state index is 12.4. The van der Waals surface area contributed by atoms with Gasteiger partial charge in [0.2, 0.25) is 0 Å². The van der Waals surface area contributed by atoms with Crippen LogP contribution < -0.4 is 5.73 Å². The Bertz CT molecular complexity index is 510. The Labute approximate surface area is 113 Å². The molecule has 2 rings (SSSR count). The molecule has 1 fully saturated rings. The molecule has 0 bridgehead atoms. The number of nitrogens with two attached hydrogens (primary N) is 1. The minimum atomic E-state index is -3.33. The van der Waals surface area contributed by atoms with Gasteiger partial charge in [-0.15, -0.1) is 11.3 Å². The molecule has 6 heteroatoms. The van der Waals surface area contributed by atoms with E-state index in [1.807, 2.05) is 12.3 Å². The quantitative estimate of drug-likeness (QED) is 0.919. The monoisotopic (exact) mass is 288 g/mol. The number of hydrogen-bond donors (Lipinski definition) is 1. The van der Waals surface area contributed by atoms with Gasteiger partial charge in [0, 0.05) is 19.1 Å². The molecule has 0 aliphatic carbocycles. The molecule has 0 spiro atoms. The zero-order valence-electron chi connectivity index (χ0n) is 10.8. The van der Waals surface area contributed by atoms with Gasteiger partial charge >= 0.3 is 0 Å². The van der Waals surface area contributed by atoms with Crippen LogP contribution in [0.4, 0.5) is 0 Å². The maximum atomic E-state index is 12.4. The molecule has 1 aromatic rings. The van der Waals surface area contributed by atoms with E-state index in [9.17, 15) is 8.42 Å². The molecule has 2 N–H and O–H groups in total. The van der Waals surface area contributed by atoms with E-state index < -0.39 is 10.0 Å². The molecule has 18 heavy (non-hydrogen) atoms. The molecule has 0 saturated carbocycles. The van der Waals surface area contributed by atoms with E-state index in [1.165, 1.54) is 11.3 Å². The average Bonchev–Trinajstić information content (AvgIpc) is 2.87. The van der Waals surface area contributed by atoms with E-state index in [4.69, 9.17) is 5.73 Å². The van der Waals surface area contributed by atoms with Gasteiger partial charge in [0.05, 0.1) is 0 Å². The van der Waals surface area contributed by atoms with Crippen LogP contribution in [0.5, 0.6) is 0 Å². The van der Waals surface area contributed by atoms with E-state index in [1.54, 1.807) is 10.4 Å². The first kappa shape index (κ1) is 14.0. The van der Waals surface area contributed by atoms with E-state index in [-0.39, 0.29) is 6.04 Å². The SMILES string of the molecule is CCC[C@@H]1CN(S(=O)(=O)c2cc(C)cs2)C[C@H]1N. The highest BCUT2D eigenvalue weighted by Gasteiger charge is 2.37. The van der Waals surface area contributed by atoms with Crippen LogP contribution in [-0.4, -0.2) is 31.9 Å². The van der Waals surface area contributed by atoms with Crippen molar-refractivity contribution >= 4 is 21.4 Å². The highest BCUT2D eigenvalue weighted by molar-refractivity contribution is 7.91. The molecule has 4 nitrogen and oxygen atoms in total. The molecular formula is C12H20N2O2S2. The lowest BCUT2D eigenvalue weighted by Crippen LogP contribution is -2.32. The van der Waals surface area contributed by atoms with Gasteiger partial charge in [-0.25, -0.2) is 8.42 Å². The van der Waals surface area contributed by atoms with Crippen molar-refractivity contribution in [3.63, 3.8) is 0 Å². The maximum Gasteiger partial charge on any atom is 0.252 e. The molecule has 0 aromatic carbocycles. The predicted octanol–water partition coefficient (Wildman–Crippen LogP) is 1.80. The van der Waals surface area contributed by atoms with E-state index in [0.29, 0.717) is 23.2 Å². The third-order valence-corrected chi connectivity index (χ3v) is 6.78. The lowest BCUT2D eigenvalue weighted by Gasteiger charge is -2.14. The van der Waals surface area contributed by atoms with Gasteiger partial charge in [-0.05, 0) is 36.3 Å². The zero-order valence-corrected chi connectivity index (χ0v) is 12.4. The van der Waals surface area contributed by atoms with Gasteiger partial charge in [-0.1, -0.05) is 13.3 Å². The summed E-state index contributed by atoms with van der Waals surface area (Å²) < 4.78 is 26.8. The topological polar surface area (TPSA) is 63.4 Å². The molecule has 1 aliphatic heterocycles. The summed E-state index contributed by atoms with van der Waals surface area (Å²) in [6.45, 7) is 5.02. The van der Waals surface area contributed by atoms with Gasteiger partial charge < -0.3 is 5.73 Å². The minimum absolute atomic E-state index is 0.0271. The number of hydrogen-bond acceptors (Lipinski definition) is 4. The third-order valence-electron chi connectivity index (χ3n) is 3.42. The van der Waals surface area contributed by atoms with Gasteiger partial charge in [-0.3, -0.25) is 0 Å². The van der Waals surface area contributed by atoms with Gasteiger partial charge in [0.15, 0.2) is 0 Å². The highest BCUT2D eigenvalue weighted by atomic mass is 32.2. The third kappa shape index (κ3) is 2.61. The van der Waals surface area contributed by atoms with Crippen LogP contribution in [0.15, 0.2) is 15.7 Å². The molecule has 0 radical (unpaired) electrons. The van der Waals surface area contributed by atoms with Crippen molar-refractivity contribution in [2.24, 2.45) is 11.7 Å². The van der Waals surface area contributed by atoms with E-state index in [2.05, 4.69) is 6.92 Å². The summed E-state index contributed by atoms with van der Waals surface area (Å²) in [6, 6.07) is 1.71. The van der Waals surface area contributed by atoms with Crippen molar-refractivity contribution in [3.8, 4) is 0 Å². The van der Waals surface area contributed by atoms with Crippen LogP contribution in [0, 0.1) is 12.8 Å². The summed E-state index contributed by atoms with van der Waals surface area (Å²) in [5.41, 5.74) is 7.03. The smallest absolute Gasteiger partial charge is 0.252 e. The van der Waals surface area contributed by atoms with Crippen molar-refractivity contribution in [2.75, 3.05) is 13.1 Å². The first-order chi connectivity index (χ1) is 8.45. The summed E-state index contributed by atoms with van der Waals surface area (Å²) in [4.78, 5) is 0. The van der Waals surface area contributed by atoms with Gasteiger partial charge in [0.25, 0.3) is 10.0 Å². The van der Waals surface area contributed by atoms with Crippen LogP contribution in [0.2, 0.25) is 0 Å². The normalized spacial score (nSPS) is 25.7. The lowest BCUT2D eigenvalue weighted by molar-refractivity contribution is 0.440. The summed E-state index contributed by atoms with van der Waals surface area (Å²) in [7, 11) is -3.33. The van der Waals surface area contributed by atoms with Crippen molar-refractivity contribution in [3.05, 3.63) is 17.0 Å². The van der Waals surface area contributed by atoms with E-state index in [0.717, 1.165) is 18.4 Å². The zero-order chi connectivity index (χ0) is 13.3. The Kier molecular flexibility index (Phi) is 4.11. The summed E-state index contributed by atoms with van der Waals surface area (Å²) >= 11 is 1.29. The molecule has 2 heterocycles. The number of rotatable bonds is 4. The van der Waals surface area contributed by atoms with Crippen LogP contribution in [0.3, 0.4) is 0 Å². The summed E-state index contributed by atoms with van der Waals surface area (Å²) in [5.74, 6) is 0.297. The summed E-state index contributed by atoms with van der Waals surface area (Å²) in [5, 5.41) is 1.87. The molecular weight excluding hydrogens is 268 g/mol. The Morgan fingerprint density at radius 1 is 1.50 bits per heavy atom. The second-order valence-corrected chi connectivity index (χ2v) is 8.05. The van der Waals surface area contributed by atoms with Gasteiger partial charge in [0.1, 0.15) is 4.21 Å². The molecule has 0 unspecified atom stereocenters. The second-order valence-electron chi connectivity index (χ2n) is 4.98. The molecule has 1 aromatic heterocycles. The van der Waals surface area contributed by atoms with Gasteiger partial charge in [-0.2, -0.15) is 4.31 Å². The Balaban J connectivity index is 2.18. The average molecular weight is 288 g/mol. The number of nitrogens with zero attached hydrogens (tertiary/aromatic N) is 1. The minimum Gasteiger partial charge on any atom is -0.326 e. The molecule has 1 saturated heterocycles. The van der Waals surface area contributed by atoms with Crippen LogP contribution in [0.25, 0.3) is 0 Å². The fraction of sp³-hybridized carbons (Fsp3) is 0.667. The fourth-order valence-corrected chi connectivity index (χ4v) is 5.31. The fourth-order valence-electron chi connectivity index (χ4n) is 2.40. The van der Waals surface area contributed by atoms with Crippen molar-refractivity contribution < 1.29 is 8.42 Å². The highest BCUT2D eigenvalue weighted by Crippen LogP contribution is 2.29. The van der Waals surface area contributed by atoms with Crippen LogP contribution in [-0.2, 0) is 10.0 Å². The van der Waals surface area contributed by atoms with E-state index >= 15 is 0 Å². The predicted molar refractivity (Wildman–Crippen MR) is 74.2 cm³/mol. The van der Waals surface area contributed by atoms with Crippen LogP contribution >= 0.6 is 11.3 Å². The second kappa shape index (κ2) is 5.28. The number of aryl methyl sites for hydroxylation is 1. The van der Waals surface area contributed by atoms with Crippen LogP contribution in [0.1, 0.15) is 25.3 Å². The largest absolute Gasteiger partial charge is 0.326 e. The lowest BCUT2D eigenvalue weighted by atomic mass is 9.99. The summed E-state index contributed by atoms with van der Waals surface area (Å²) in [6.07, 6.45) is 2.04. The molecule has 1 aliphatic rings. The van der Waals surface area contributed by atoms with Crippen molar-refractivity contribution in [1.82, 2.24) is 4.31 Å². The standard InChI is InChI=1S/C12H20N2O2S2/c1-3-4-10-6-14(7-11(10)13)18(15,16)12-5-9(2)8-17-12/h5,8,10-11H,3-4,6-7,13H2,1-2H3/t10-,11-/m1/s1. The Morgan fingerprint density at radius 2 is 2.22 bits per heavy atom.